The molecule has 4 nitrogen and oxygen atoms in total. The highest BCUT2D eigenvalue weighted by Crippen LogP contribution is 2.14. The molecule has 1 aliphatic rings. The first-order chi connectivity index (χ1) is 8.31. The molecule has 1 fully saturated rings. The Hall–Kier alpha value is -1.29. The minimum atomic E-state index is 0.0850. The van der Waals surface area contributed by atoms with Crippen molar-refractivity contribution in [3.63, 3.8) is 0 Å². The number of hydrogen-bond acceptors (Lipinski definition) is 3. The van der Waals surface area contributed by atoms with Gasteiger partial charge in [-0.25, -0.2) is 0 Å². The Kier molecular flexibility index (Phi) is 4.20. The second kappa shape index (κ2) is 5.87. The van der Waals surface area contributed by atoms with Crippen molar-refractivity contribution in [2.75, 3.05) is 19.6 Å². The van der Waals surface area contributed by atoms with Gasteiger partial charge in [0, 0.05) is 19.1 Å². The van der Waals surface area contributed by atoms with Gasteiger partial charge in [0.2, 0.25) is 0 Å². The van der Waals surface area contributed by atoms with Gasteiger partial charge in [-0.1, -0.05) is 6.92 Å². The number of carbonyl (C=O) groups is 1. The molecule has 1 aromatic heterocycles. The largest absolute Gasteiger partial charge is 0.472 e. The van der Waals surface area contributed by atoms with Crippen molar-refractivity contribution in [2.24, 2.45) is 0 Å². The van der Waals surface area contributed by atoms with Crippen LogP contribution in [0.25, 0.3) is 0 Å². The van der Waals surface area contributed by atoms with Crippen molar-refractivity contribution < 1.29 is 9.21 Å². The summed E-state index contributed by atoms with van der Waals surface area (Å²) < 4.78 is 4.96. The number of carbonyl (C=O) groups excluding carboxylic acids is 1. The first-order valence-corrected chi connectivity index (χ1v) is 6.36. The molecule has 94 valence electrons. The summed E-state index contributed by atoms with van der Waals surface area (Å²) in [5.74, 6) is 0.0850. The van der Waals surface area contributed by atoms with Gasteiger partial charge in [0.1, 0.15) is 6.26 Å². The molecule has 1 unspecified atom stereocenters. The Morgan fingerprint density at radius 2 is 2.53 bits per heavy atom. The van der Waals surface area contributed by atoms with E-state index in [1.54, 1.807) is 12.3 Å². The lowest BCUT2D eigenvalue weighted by Gasteiger charge is -2.33. The Morgan fingerprint density at radius 1 is 1.65 bits per heavy atom. The summed E-state index contributed by atoms with van der Waals surface area (Å²) >= 11 is 0. The van der Waals surface area contributed by atoms with Gasteiger partial charge in [-0.3, -0.25) is 4.79 Å². The molecule has 17 heavy (non-hydrogen) atoms. The van der Waals surface area contributed by atoms with Gasteiger partial charge in [0.05, 0.1) is 11.8 Å². The van der Waals surface area contributed by atoms with Crippen LogP contribution in [0.2, 0.25) is 0 Å². The highest BCUT2D eigenvalue weighted by molar-refractivity contribution is 5.93. The van der Waals surface area contributed by atoms with E-state index in [0.717, 1.165) is 38.9 Å². The third kappa shape index (κ3) is 3.09. The van der Waals surface area contributed by atoms with E-state index < -0.39 is 0 Å². The quantitative estimate of drug-likeness (QED) is 0.868. The molecule has 0 aromatic carbocycles. The minimum absolute atomic E-state index is 0.0850. The average Bonchev–Trinajstić information content (AvgIpc) is 2.89. The van der Waals surface area contributed by atoms with Gasteiger partial charge in [-0.15, -0.1) is 0 Å². The summed E-state index contributed by atoms with van der Waals surface area (Å²) in [7, 11) is 0. The molecule has 2 rings (SSSR count). The predicted molar refractivity (Wildman–Crippen MR) is 65.9 cm³/mol. The molecule has 1 aromatic rings. The molecule has 0 bridgehead atoms. The average molecular weight is 236 g/mol. The highest BCUT2D eigenvalue weighted by Gasteiger charge is 2.24. The molecule has 1 amide bonds. The number of rotatable bonds is 4. The normalized spacial score (nSPS) is 20.5. The fourth-order valence-corrected chi connectivity index (χ4v) is 2.25. The summed E-state index contributed by atoms with van der Waals surface area (Å²) in [6.45, 7) is 4.85. The lowest BCUT2D eigenvalue weighted by molar-refractivity contribution is 0.0694. The summed E-state index contributed by atoms with van der Waals surface area (Å²) in [6, 6.07) is 2.17. The molecule has 0 spiro atoms. The molecular formula is C13H20N2O2. The van der Waals surface area contributed by atoms with Crippen molar-refractivity contribution in [3.8, 4) is 0 Å². The molecule has 0 radical (unpaired) electrons. The number of nitrogens with one attached hydrogen (secondary N) is 1. The van der Waals surface area contributed by atoms with Crippen LogP contribution in [0.5, 0.6) is 0 Å². The second-order valence-electron chi connectivity index (χ2n) is 4.56. The maximum Gasteiger partial charge on any atom is 0.257 e. The lowest BCUT2D eigenvalue weighted by atomic mass is 10.0. The molecule has 1 aliphatic heterocycles. The van der Waals surface area contributed by atoms with E-state index in [-0.39, 0.29) is 5.91 Å². The van der Waals surface area contributed by atoms with E-state index in [4.69, 9.17) is 4.42 Å². The van der Waals surface area contributed by atoms with Crippen LogP contribution in [0.15, 0.2) is 23.0 Å². The molecule has 4 heteroatoms. The van der Waals surface area contributed by atoms with Crippen molar-refractivity contribution in [3.05, 3.63) is 24.2 Å². The number of amides is 1. The maximum atomic E-state index is 12.1. The van der Waals surface area contributed by atoms with E-state index in [1.165, 1.54) is 6.26 Å². The van der Waals surface area contributed by atoms with E-state index >= 15 is 0 Å². The monoisotopic (exact) mass is 236 g/mol. The van der Waals surface area contributed by atoms with Crippen LogP contribution in [-0.4, -0.2) is 36.5 Å². The summed E-state index contributed by atoms with van der Waals surface area (Å²) in [5, 5.41) is 3.48. The van der Waals surface area contributed by atoms with Gasteiger partial charge < -0.3 is 14.6 Å². The van der Waals surface area contributed by atoms with Gasteiger partial charge in [0.25, 0.3) is 5.91 Å². The SMILES string of the molecule is CCCNC1CCCN(C(=O)c2ccoc2)C1. The van der Waals surface area contributed by atoms with Crippen LogP contribution < -0.4 is 5.32 Å². The third-order valence-electron chi connectivity index (χ3n) is 3.16. The summed E-state index contributed by atoms with van der Waals surface area (Å²) in [6.07, 6.45) is 6.43. The minimum Gasteiger partial charge on any atom is -0.472 e. The standard InChI is InChI=1S/C13H20N2O2/c1-2-6-14-12-4-3-7-15(9-12)13(16)11-5-8-17-10-11/h5,8,10,12,14H,2-4,6-7,9H2,1H3. The molecule has 1 N–H and O–H groups in total. The van der Waals surface area contributed by atoms with Crippen LogP contribution >= 0.6 is 0 Å². The molecule has 0 aliphatic carbocycles. The van der Waals surface area contributed by atoms with Crippen LogP contribution in [0, 0.1) is 0 Å². The first kappa shape index (κ1) is 12.2. The number of likely N-dealkylation sites (tertiary alicyclic amines) is 1. The Balaban J connectivity index is 1.90. The molecular weight excluding hydrogens is 216 g/mol. The number of piperidine rings is 1. The fraction of sp³-hybridized carbons (Fsp3) is 0.615. The zero-order valence-corrected chi connectivity index (χ0v) is 10.3. The van der Waals surface area contributed by atoms with E-state index in [1.807, 2.05) is 4.90 Å². The fourth-order valence-electron chi connectivity index (χ4n) is 2.25. The Morgan fingerprint density at radius 3 is 3.24 bits per heavy atom. The Bertz CT molecular complexity index is 348. The number of nitrogens with zero attached hydrogens (tertiary/aromatic N) is 1. The van der Waals surface area contributed by atoms with Crippen LogP contribution in [0.4, 0.5) is 0 Å². The Labute approximate surface area is 102 Å². The van der Waals surface area contributed by atoms with Crippen molar-refractivity contribution in [2.45, 2.75) is 32.2 Å². The topological polar surface area (TPSA) is 45.5 Å². The van der Waals surface area contributed by atoms with Crippen molar-refractivity contribution in [1.82, 2.24) is 10.2 Å². The molecule has 1 atom stereocenters. The number of hydrogen-bond donors (Lipinski definition) is 1. The summed E-state index contributed by atoms with van der Waals surface area (Å²) in [5.41, 5.74) is 0.654. The van der Waals surface area contributed by atoms with E-state index in [2.05, 4.69) is 12.2 Å². The maximum absolute atomic E-state index is 12.1. The van der Waals surface area contributed by atoms with E-state index in [9.17, 15) is 4.79 Å². The zero-order valence-electron chi connectivity index (χ0n) is 10.3. The van der Waals surface area contributed by atoms with Crippen molar-refractivity contribution in [1.29, 1.82) is 0 Å². The van der Waals surface area contributed by atoms with Gasteiger partial charge >= 0.3 is 0 Å². The van der Waals surface area contributed by atoms with Gasteiger partial charge in [-0.2, -0.15) is 0 Å². The van der Waals surface area contributed by atoms with Crippen LogP contribution in [0.1, 0.15) is 36.5 Å². The zero-order chi connectivity index (χ0) is 12.1. The van der Waals surface area contributed by atoms with Gasteiger partial charge in [-0.05, 0) is 31.9 Å². The number of furan rings is 1. The molecule has 2 heterocycles. The third-order valence-corrected chi connectivity index (χ3v) is 3.16. The first-order valence-electron chi connectivity index (χ1n) is 6.36. The van der Waals surface area contributed by atoms with Crippen LogP contribution in [-0.2, 0) is 0 Å². The smallest absolute Gasteiger partial charge is 0.257 e. The van der Waals surface area contributed by atoms with E-state index in [0.29, 0.717) is 11.6 Å². The summed E-state index contributed by atoms with van der Waals surface area (Å²) in [4.78, 5) is 14.0. The molecule has 1 saturated heterocycles. The lowest BCUT2D eigenvalue weighted by Crippen LogP contribution is -2.48. The van der Waals surface area contributed by atoms with Crippen LogP contribution in [0.3, 0.4) is 0 Å². The van der Waals surface area contributed by atoms with Gasteiger partial charge in [0.15, 0.2) is 0 Å². The van der Waals surface area contributed by atoms with Crippen molar-refractivity contribution >= 4 is 5.91 Å². The second-order valence-corrected chi connectivity index (χ2v) is 4.56. The highest BCUT2D eigenvalue weighted by atomic mass is 16.3. The molecule has 0 saturated carbocycles. The predicted octanol–water partition coefficient (Wildman–Crippen LogP) is 1.88.